The van der Waals surface area contributed by atoms with Crippen molar-refractivity contribution >= 4 is 5.82 Å². The molecular formula is C24H29FN8O. The van der Waals surface area contributed by atoms with Crippen molar-refractivity contribution in [3.8, 4) is 28.5 Å². The summed E-state index contributed by atoms with van der Waals surface area (Å²) in [5.41, 5.74) is 1.13. The number of hydrogen-bond donors (Lipinski definition) is 2. The molecule has 2 aliphatic heterocycles. The SMILES string of the molecule is Cn1cnc(-c2ccc(-c3ncc(N(C4CC4)[C@H]4C[C@]5(C)CCC[C@@H](N5)[C@H]4F)nn3)c(O)c2)n1. The highest BCUT2D eigenvalue weighted by molar-refractivity contribution is 5.70. The summed E-state index contributed by atoms with van der Waals surface area (Å²) in [6.07, 6.45) is 8.14. The quantitative estimate of drug-likeness (QED) is 0.594. The number of alkyl halides is 1. The second kappa shape index (κ2) is 7.97. The maximum absolute atomic E-state index is 15.6. The number of phenolic OH excluding ortho intramolecular Hbond substituents is 1. The van der Waals surface area contributed by atoms with Gasteiger partial charge in [0.05, 0.1) is 17.8 Å². The number of hydrogen-bond acceptors (Lipinski definition) is 8. The Hall–Kier alpha value is -3.14. The number of nitrogens with one attached hydrogen (secondary N) is 1. The number of nitrogens with zero attached hydrogens (tertiary/aromatic N) is 7. The third-order valence-electron chi connectivity index (χ3n) is 7.40. The molecule has 6 rings (SSSR count). The highest BCUT2D eigenvalue weighted by atomic mass is 19.1. The first-order valence-corrected chi connectivity index (χ1v) is 12.0. The van der Waals surface area contributed by atoms with E-state index in [0.29, 0.717) is 28.6 Å². The number of phenols is 1. The van der Waals surface area contributed by atoms with E-state index in [4.69, 9.17) is 0 Å². The number of piperidine rings is 2. The van der Waals surface area contributed by atoms with Gasteiger partial charge in [-0.2, -0.15) is 5.10 Å². The molecule has 9 nitrogen and oxygen atoms in total. The number of aromatic nitrogens is 6. The van der Waals surface area contributed by atoms with Crippen LogP contribution in [-0.2, 0) is 7.05 Å². The molecule has 3 aliphatic rings. The summed E-state index contributed by atoms with van der Waals surface area (Å²) < 4.78 is 17.2. The van der Waals surface area contributed by atoms with Crippen LogP contribution in [0.1, 0.15) is 45.4 Å². The average molecular weight is 465 g/mol. The molecule has 0 amide bonds. The lowest BCUT2D eigenvalue weighted by Gasteiger charge is -2.52. The van der Waals surface area contributed by atoms with Gasteiger partial charge in [-0.15, -0.1) is 10.2 Å². The van der Waals surface area contributed by atoms with E-state index in [1.165, 1.54) is 0 Å². The van der Waals surface area contributed by atoms with Gasteiger partial charge in [0.2, 0.25) is 0 Å². The third kappa shape index (κ3) is 3.79. The summed E-state index contributed by atoms with van der Waals surface area (Å²) in [6.45, 7) is 2.21. The van der Waals surface area contributed by atoms with E-state index < -0.39 is 6.17 Å². The Morgan fingerprint density at radius 2 is 2.03 bits per heavy atom. The van der Waals surface area contributed by atoms with Crippen molar-refractivity contribution in [3.05, 3.63) is 30.7 Å². The van der Waals surface area contributed by atoms with Crippen LogP contribution in [0.25, 0.3) is 22.8 Å². The topological polar surface area (TPSA) is 105 Å². The number of anilines is 1. The van der Waals surface area contributed by atoms with Gasteiger partial charge >= 0.3 is 0 Å². The van der Waals surface area contributed by atoms with E-state index in [1.54, 1.807) is 36.4 Å². The fourth-order valence-corrected chi connectivity index (χ4v) is 5.62. The Labute approximate surface area is 197 Å². The van der Waals surface area contributed by atoms with E-state index >= 15 is 4.39 Å². The van der Waals surface area contributed by atoms with Crippen molar-refractivity contribution in [2.75, 3.05) is 4.90 Å². The zero-order valence-corrected chi connectivity index (χ0v) is 19.4. The van der Waals surface area contributed by atoms with E-state index in [-0.39, 0.29) is 29.4 Å². The van der Waals surface area contributed by atoms with Gasteiger partial charge in [0, 0.05) is 30.2 Å². The molecule has 2 N–H and O–H groups in total. The largest absolute Gasteiger partial charge is 0.507 e. The van der Waals surface area contributed by atoms with Gasteiger partial charge in [-0.1, -0.05) is 6.07 Å². The number of rotatable bonds is 5. The molecule has 3 aromatic rings. The van der Waals surface area contributed by atoms with Crippen molar-refractivity contribution in [1.82, 2.24) is 35.3 Å². The van der Waals surface area contributed by atoms with E-state index in [1.807, 2.05) is 6.07 Å². The molecule has 178 valence electrons. The van der Waals surface area contributed by atoms with Gasteiger partial charge in [0.1, 0.15) is 18.2 Å². The number of benzene rings is 1. The van der Waals surface area contributed by atoms with Crippen LogP contribution in [-0.4, -0.2) is 64.9 Å². The zero-order chi connectivity index (χ0) is 23.4. The predicted molar refractivity (Wildman–Crippen MR) is 125 cm³/mol. The Balaban J connectivity index is 1.27. The van der Waals surface area contributed by atoms with Gasteiger partial charge in [0.25, 0.3) is 0 Å². The van der Waals surface area contributed by atoms with Crippen LogP contribution < -0.4 is 10.2 Å². The number of aryl methyl sites for hydroxylation is 1. The molecule has 2 bridgehead atoms. The Bertz CT molecular complexity index is 1200. The van der Waals surface area contributed by atoms with Crippen LogP contribution in [0.15, 0.2) is 30.7 Å². The van der Waals surface area contributed by atoms with Crippen LogP contribution in [0.4, 0.5) is 10.2 Å². The second-order valence-corrected chi connectivity index (χ2v) is 10.2. The van der Waals surface area contributed by atoms with Crippen LogP contribution in [0.2, 0.25) is 0 Å². The maximum atomic E-state index is 15.6. The lowest BCUT2D eigenvalue weighted by molar-refractivity contribution is 0.0584. The summed E-state index contributed by atoms with van der Waals surface area (Å²) >= 11 is 0. The molecule has 0 unspecified atom stereocenters. The Kier molecular flexibility index (Phi) is 5.02. The molecule has 10 heteroatoms. The summed E-state index contributed by atoms with van der Waals surface area (Å²) in [6, 6.07) is 5.10. The Morgan fingerprint density at radius 3 is 2.71 bits per heavy atom. The van der Waals surface area contributed by atoms with Crippen molar-refractivity contribution in [2.45, 2.75) is 75.3 Å². The number of halogens is 1. The minimum Gasteiger partial charge on any atom is -0.507 e. The monoisotopic (exact) mass is 464 g/mol. The van der Waals surface area contributed by atoms with Gasteiger partial charge in [0.15, 0.2) is 17.5 Å². The first-order valence-electron chi connectivity index (χ1n) is 12.0. The smallest absolute Gasteiger partial charge is 0.185 e. The molecule has 2 saturated heterocycles. The predicted octanol–water partition coefficient (Wildman–Crippen LogP) is 3.02. The molecule has 1 aromatic carbocycles. The molecule has 3 fully saturated rings. The van der Waals surface area contributed by atoms with Crippen LogP contribution in [0.3, 0.4) is 0 Å². The van der Waals surface area contributed by atoms with E-state index in [9.17, 15) is 5.11 Å². The fourth-order valence-electron chi connectivity index (χ4n) is 5.62. The minimum atomic E-state index is -0.952. The van der Waals surface area contributed by atoms with E-state index in [0.717, 1.165) is 38.5 Å². The van der Waals surface area contributed by atoms with Gasteiger partial charge < -0.3 is 15.3 Å². The lowest BCUT2D eigenvalue weighted by Crippen LogP contribution is -2.67. The molecule has 4 heterocycles. The van der Waals surface area contributed by atoms with Crippen LogP contribution in [0.5, 0.6) is 5.75 Å². The van der Waals surface area contributed by atoms with Crippen LogP contribution >= 0.6 is 0 Å². The van der Waals surface area contributed by atoms with Crippen molar-refractivity contribution in [1.29, 1.82) is 0 Å². The maximum Gasteiger partial charge on any atom is 0.185 e. The van der Waals surface area contributed by atoms with Crippen molar-refractivity contribution < 1.29 is 9.50 Å². The fraction of sp³-hybridized carbons (Fsp3) is 0.542. The second-order valence-electron chi connectivity index (χ2n) is 10.2. The standard InChI is InChI=1S/C24H29FN8O/c1-24-9-3-4-17(28-24)21(25)18(11-24)33(15-6-7-15)20-12-26-23(30-29-20)16-8-5-14(10-19(16)34)22-27-13-32(2)31-22/h5,8,10,12-13,15,17-18,21,28,34H,3-4,6-7,9,11H2,1-2H3/t17-,18+,21-,24+/m1/s1. The molecular weight excluding hydrogens is 435 g/mol. The third-order valence-corrected chi connectivity index (χ3v) is 7.40. The highest BCUT2D eigenvalue weighted by Crippen LogP contribution is 2.42. The molecule has 2 aromatic heterocycles. The number of aromatic hydroxyl groups is 1. The van der Waals surface area contributed by atoms with Crippen molar-refractivity contribution in [2.24, 2.45) is 7.05 Å². The Morgan fingerprint density at radius 1 is 1.18 bits per heavy atom. The molecule has 0 spiro atoms. The van der Waals surface area contributed by atoms with Crippen molar-refractivity contribution in [3.63, 3.8) is 0 Å². The highest BCUT2D eigenvalue weighted by Gasteiger charge is 2.50. The first-order chi connectivity index (χ1) is 16.4. The van der Waals surface area contributed by atoms with Gasteiger partial charge in [-0.25, -0.2) is 14.4 Å². The average Bonchev–Trinajstić information content (AvgIpc) is 3.56. The van der Waals surface area contributed by atoms with Gasteiger partial charge in [-0.05, 0) is 57.6 Å². The first kappa shape index (κ1) is 21.4. The summed E-state index contributed by atoms with van der Waals surface area (Å²) in [5, 5.41) is 27.2. The summed E-state index contributed by atoms with van der Waals surface area (Å²) in [7, 11) is 1.79. The summed E-state index contributed by atoms with van der Waals surface area (Å²) in [4.78, 5) is 10.9. The molecule has 4 atom stereocenters. The molecule has 0 radical (unpaired) electrons. The molecule has 1 aliphatic carbocycles. The lowest BCUT2D eigenvalue weighted by atomic mass is 9.74. The molecule has 34 heavy (non-hydrogen) atoms. The molecule has 1 saturated carbocycles. The summed E-state index contributed by atoms with van der Waals surface area (Å²) in [5.74, 6) is 1.49. The van der Waals surface area contributed by atoms with Gasteiger partial charge in [-0.3, -0.25) is 4.68 Å². The minimum absolute atomic E-state index is 0.0291. The van der Waals surface area contributed by atoms with Crippen LogP contribution in [0, 0.1) is 0 Å². The zero-order valence-electron chi connectivity index (χ0n) is 19.4. The number of fused-ring (bicyclic) bond motifs is 2. The van der Waals surface area contributed by atoms with E-state index in [2.05, 4.69) is 42.4 Å². The normalized spacial score (nSPS) is 28.6.